The van der Waals surface area contributed by atoms with E-state index in [0.29, 0.717) is 5.13 Å². The number of halogens is 2. The first-order valence-electron chi connectivity index (χ1n) is 4.47. The van der Waals surface area contributed by atoms with Crippen molar-refractivity contribution in [1.29, 1.82) is 0 Å². The molecule has 0 aliphatic rings. The smallest absolute Gasteiger partial charge is 0.347 e. The van der Waals surface area contributed by atoms with Gasteiger partial charge in [0.2, 0.25) is 0 Å². The van der Waals surface area contributed by atoms with Gasteiger partial charge in [-0.1, -0.05) is 27.3 Å². The maximum Gasteiger partial charge on any atom is 0.347 e. The average molecular weight is 378 g/mol. The maximum atomic E-state index is 10.7. The summed E-state index contributed by atoms with van der Waals surface area (Å²) in [6.45, 7) is 0. The first-order chi connectivity index (χ1) is 8.06. The highest BCUT2D eigenvalue weighted by molar-refractivity contribution is 9.11. The van der Waals surface area contributed by atoms with Crippen LogP contribution in [-0.4, -0.2) is 16.1 Å². The van der Waals surface area contributed by atoms with Gasteiger partial charge in [-0.2, -0.15) is 0 Å². The van der Waals surface area contributed by atoms with Gasteiger partial charge in [-0.25, -0.2) is 9.78 Å². The van der Waals surface area contributed by atoms with Gasteiger partial charge < -0.3 is 10.4 Å². The fraction of sp³-hybridized carbons (Fsp3) is 0. The number of carbonyl (C=O) groups is 1. The predicted molar refractivity (Wildman–Crippen MR) is 74.2 cm³/mol. The van der Waals surface area contributed by atoms with Crippen LogP contribution in [0.1, 0.15) is 9.67 Å². The number of rotatable bonds is 3. The largest absolute Gasteiger partial charge is 0.477 e. The normalized spacial score (nSPS) is 10.2. The van der Waals surface area contributed by atoms with E-state index in [1.54, 1.807) is 0 Å². The Hall–Kier alpha value is -0.920. The quantitative estimate of drug-likeness (QED) is 0.844. The molecule has 0 fully saturated rings. The standard InChI is InChI=1S/C10H6Br2N2O2S/c11-5-1-2-7(6(12)3-5)14-10-13-4-8(17-10)9(15)16/h1-4H,(H,13,14)(H,15,16). The second-order valence-corrected chi connectivity index (χ2v) is 5.88. The van der Waals surface area contributed by atoms with Crippen molar-refractivity contribution in [2.45, 2.75) is 0 Å². The Bertz CT molecular complexity index is 571. The van der Waals surface area contributed by atoms with Crippen LogP contribution in [0.3, 0.4) is 0 Å². The third-order valence-corrected chi connectivity index (χ3v) is 3.94. The van der Waals surface area contributed by atoms with Crippen molar-refractivity contribution in [3.8, 4) is 0 Å². The van der Waals surface area contributed by atoms with Crippen LogP contribution in [0, 0.1) is 0 Å². The van der Waals surface area contributed by atoms with Crippen LogP contribution in [0.15, 0.2) is 33.3 Å². The van der Waals surface area contributed by atoms with Crippen LogP contribution in [0.5, 0.6) is 0 Å². The summed E-state index contributed by atoms with van der Waals surface area (Å²) >= 11 is 7.86. The summed E-state index contributed by atoms with van der Waals surface area (Å²) in [7, 11) is 0. The van der Waals surface area contributed by atoms with Crippen LogP contribution >= 0.6 is 43.2 Å². The molecule has 0 bridgehead atoms. The fourth-order valence-electron chi connectivity index (χ4n) is 1.14. The Labute approximate surface area is 118 Å². The van der Waals surface area contributed by atoms with Crippen molar-refractivity contribution in [3.63, 3.8) is 0 Å². The number of nitrogens with one attached hydrogen (secondary N) is 1. The number of nitrogens with zero attached hydrogens (tertiary/aromatic N) is 1. The van der Waals surface area contributed by atoms with Gasteiger partial charge in [0.1, 0.15) is 4.88 Å². The molecule has 0 saturated carbocycles. The number of aromatic nitrogens is 1. The molecule has 2 rings (SSSR count). The number of anilines is 2. The first-order valence-corrected chi connectivity index (χ1v) is 6.87. The minimum absolute atomic E-state index is 0.209. The Balaban J connectivity index is 2.22. The van der Waals surface area contributed by atoms with Gasteiger partial charge in [0, 0.05) is 8.95 Å². The third kappa shape index (κ3) is 3.05. The molecule has 2 N–H and O–H groups in total. The van der Waals surface area contributed by atoms with Crippen LogP contribution in [0.2, 0.25) is 0 Å². The van der Waals surface area contributed by atoms with Crippen molar-refractivity contribution in [2.75, 3.05) is 5.32 Å². The summed E-state index contributed by atoms with van der Waals surface area (Å²) in [5.41, 5.74) is 0.833. The van der Waals surface area contributed by atoms with Gasteiger partial charge >= 0.3 is 5.97 Å². The summed E-state index contributed by atoms with van der Waals surface area (Å²) in [5.74, 6) is -0.967. The van der Waals surface area contributed by atoms with E-state index in [9.17, 15) is 4.79 Å². The predicted octanol–water partition coefficient (Wildman–Crippen LogP) is 4.11. The van der Waals surface area contributed by atoms with Crippen molar-refractivity contribution in [1.82, 2.24) is 4.98 Å². The van der Waals surface area contributed by atoms with Crippen LogP contribution in [0.25, 0.3) is 0 Å². The summed E-state index contributed by atoms with van der Waals surface area (Å²) in [4.78, 5) is 14.9. The summed E-state index contributed by atoms with van der Waals surface area (Å²) < 4.78 is 1.83. The lowest BCUT2D eigenvalue weighted by Crippen LogP contribution is -1.90. The Morgan fingerprint density at radius 3 is 2.76 bits per heavy atom. The average Bonchev–Trinajstić information content (AvgIpc) is 2.71. The molecule has 2 aromatic rings. The lowest BCUT2D eigenvalue weighted by atomic mass is 10.3. The molecule has 0 unspecified atom stereocenters. The van der Waals surface area contributed by atoms with Crippen molar-refractivity contribution >= 4 is 60.0 Å². The molecular weight excluding hydrogens is 372 g/mol. The molecular formula is C10H6Br2N2O2S. The highest BCUT2D eigenvalue weighted by Crippen LogP contribution is 2.30. The number of hydrogen-bond acceptors (Lipinski definition) is 4. The molecule has 88 valence electrons. The number of thiazole rings is 1. The maximum absolute atomic E-state index is 10.7. The molecule has 17 heavy (non-hydrogen) atoms. The fourth-order valence-corrected chi connectivity index (χ4v) is 2.95. The highest BCUT2D eigenvalue weighted by Gasteiger charge is 2.09. The monoisotopic (exact) mass is 376 g/mol. The second-order valence-electron chi connectivity index (χ2n) is 3.08. The topological polar surface area (TPSA) is 62.2 Å². The lowest BCUT2D eigenvalue weighted by Gasteiger charge is -2.05. The number of aromatic carboxylic acids is 1. The molecule has 1 aromatic heterocycles. The summed E-state index contributed by atoms with van der Waals surface area (Å²) in [5, 5.41) is 12.4. The molecule has 0 radical (unpaired) electrons. The lowest BCUT2D eigenvalue weighted by molar-refractivity contribution is 0.0702. The Morgan fingerprint density at radius 2 is 2.18 bits per heavy atom. The third-order valence-electron chi connectivity index (χ3n) is 1.89. The van der Waals surface area contributed by atoms with Gasteiger partial charge in [-0.15, -0.1) is 0 Å². The molecule has 1 aromatic carbocycles. The molecule has 4 nitrogen and oxygen atoms in total. The SMILES string of the molecule is O=C(O)c1cnc(Nc2ccc(Br)cc2Br)s1. The van der Waals surface area contributed by atoms with Gasteiger partial charge in [0.05, 0.1) is 11.9 Å². The Morgan fingerprint density at radius 1 is 1.41 bits per heavy atom. The van der Waals surface area contributed by atoms with E-state index in [0.717, 1.165) is 26.0 Å². The van der Waals surface area contributed by atoms with Crippen molar-refractivity contribution < 1.29 is 9.90 Å². The van der Waals surface area contributed by atoms with Crippen molar-refractivity contribution in [2.24, 2.45) is 0 Å². The number of benzene rings is 1. The zero-order chi connectivity index (χ0) is 12.4. The molecule has 0 spiro atoms. The van der Waals surface area contributed by atoms with E-state index in [-0.39, 0.29) is 4.88 Å². The van der Waals surface area contributed by atoms with Gasteiger partial charge in [-0.05, 0) is 34.1 Å². The minimum atomic E-state index is -0.967. The van der Waals surface area contributed by atoms with Crippen LogP contribution in [0.4, 0.5) is 10.8 Å². The van der Waals surface area contributed by atoms with E-state index < -0.39 is 5.97 Å². The molecule has 0 amide bonds. The number of hydrogen-bond donors (Lipinski definition) is 2. The van der Waals surface area contributed by atoms with E-state index >= 15 is 0 Å². The Kier molecular flexibility index (Phi) is 3.80. The number of carboxylic acids is 1. The van der Waals surface area contributed by atoms with Crippen LogP contribution < -0.4 is 5.32 Å². The first kappa shape index (κ1) is 12.5. The van der Waals surface area contributed by atoms with E-state index in [1.807, 2.05) is 18.2 Å². The second kappa shape index (κ2) is 5.16. The molecule has 0 saturated heterocycles. The van der Waals surface area contributed by atoms with Gasteiger partial charge in [0.25, 0.3) is 0 Å². The zero-order valence-corrected chi connectivity index (χ0v) is 12.3. The van der Waals surface area contributed by atoms with Crippen LogP contribution in [-0.2, 0) is 0 Å². The summed E-state index contributed by atoms with van der Waals surface area (Å²) in [6, 6.07) is 5.66. The van der Waals surface area contributed by atoms with E-state index in [4.69, 9.17) is 5.11 Å². The molecule has 1 heterocycles. The summed E-state index contributed by atoms with van der Waals surface area (Å²) in [6.07, 6.45) is 1.34. The van der Waals surface area contributed by atoms with Gasteiger partial charge in [-0.3, -0.25) is 0 Å². The van der Waals surface area contributed by atoms with E-state index in [1.165, 1.54) is 6.20 Å². The van der Waals surface area contributed by atoms with Gasteiger partial charge in [0.15, 0.2) is 5.13 Å². The van der Waals surface area contributed by atoms with E-state index in [2.05, 4.69) is 42.2 Å². The zero-order valence-electron chi connectivity index (χ0n) is 8.28. The molecule has 0 aliphatic heterocycles. The molecule has 7 heteroatoms. The molecule has 0 atom stereocenters. The minimum Gasteiger partial charge on any atom is -0.477 e. The number of carboxylic acid groups (broad SMARTS) is 1. The molecule has 0 aliphatic carbocycles. The highest BCUT2D eigenvalue weighted by atomic mass is 79.9. The van der Waals surface area contributed by atoms with Crippen molar-refractivity contribution in [3.05, 3.63) is 38.2 Å².